The van der Waals surface area contributed by atoms with Crippen molar-refractivity contribution in [1.29, 1.82) is 0 Å². The van der Waals surface area contributed by atoms with Crippen LogP contribution in [0.15, 0.2) is 50.0 Å². The molecule has 15 heavy (non-hydrogen) atoms. The monoisotopic (exact) mass is 202 g/mol. The molecule has 3 aliphatic carbocycles. The lowest BCUT2D eigenvalue weighted by Crippen LogP contribution is -2.12. The van der Waals surface area contributed by atoms with Gasteiger partial charge in [0.05, 0.1) is 12.5 Å². The normalized spacial score (nSPS) is 38.1. The van der Waals surface area contributed by atoms with Crippen molar-refractivity contribution in [3.05, 3.63) is 50.0 Å². The summed E-state index contributed by atoms with van der Waals surface area (Å²) < 4.78 is 4.36. The maximum atomic E-state index is 4.36. The van der Waals surface area contributed by atoms with Crippen molar-refractivity contribution in [3.63, 3.8) is 0 Å². The van der Waals surface area contributed by atoms with Crippen LogP contribution in [0.25, 0.3) is 0 Å². The number of rotatable bonds is 2. The van der Waals surface area contributed by atoms with Crippen molar-refractivity contribution in [2.45, 2.75) is 12.8 Å². The minimum absolute atomic E-state index is 0.925. The van der Waals surface area contributed by atoms with Gasteiger partial charge in [0.1, 0.15) is 0 Å². The van der Waals surface area contributed by atoms with Gasteiger partial charge in [-0.2, -0.15) is 0 Å². The van der Waals surface area contributed by atoms with Gasteiger partial charge in [-0.05, 0) is 36.5 Å². The van der Waals surface area contributed by atoms with Gasteiger partial charge in [0, 0.05) is 0 Å². The highest BCUT2D eigenvalue weighted by Gasteiger charge is 2.44. The third kappa shape index (κ3) is 1.92. The Morgan fingerprint density at radius 1 is 1.07 bits per heavy atom. The van der Waals surface area contributed by atoms with Crippen LogP contribution in [0.2, 0.25) is 0 Å². The van der Waals surface area contributed by atoms with Gasteiger partial charge in [-0.1, -0.05) is 37.5 Å². The predicted molar refractivity (Wildman–Crippen MR) is 63.0 cm³/mol. The summed E-state index contributed by atoms with van der Waals surface area (Å²) in [7, 11) is 0. The molecule has 1 nitrogen and oxygen atoms in total. The van der Waals surface area contributed by atoms with Crippen LogP contribution in [0.1, 0.15) is 12.8 Å². The molecule has 4 atom stereocenters. The van der Waals surface area contributed by atoms with E-state index in [0.29, 0.717) is 0 Å². The Labute approximate surface area is 91.8 Å². The van der Waals surface area contributed by atoms with Crippen LogP contribution in [0, 0.1) is 23.7 Å². The molecule has 3 aliphatic rings. The molecule has 1 saturated carbocycles. The van der Waals surface area contributed by atoms with Crippen LogP contribution in [0.4, 0.5) is 0 Å². The first-order chi connectivity index (χ1) is 7.36. The van der Waals surface area contributed by atoms with Crippen LogP contribution in [-0.2, 0) is 4.74 Å². The Morgan fingerprint density at radius 3 is 2.40 bits per heavy atom. The Hall–Kier alpha value is -1.24. The van der Waals surface area contributed by atoms with E-state index < -0.39 is 0 Å². The van der Waals surface area contributed by atoms with Crippen LogP contribution >= 0.6 is 0 Å². The van der Waals surface area contributed by atoms with Crippen molar-refractivity contribution < 1.29 is 4.74 Å². The first kappa shape index (κ1) is 10.3. The lowest BCUT2D eigenvalue weighted by molar-refractivity contribution is 0.398. The highest BCUT2D eigenvalue weighted by atomic mass is 16.5. The largest absolute Gasteiger partial charge is 0.474 e. The smallest absolute Gasteiger partial charge is 0.0829 e. The summed E-state index contributed by atoms with van der Waals surface area (Å²) >= 11 is 0. The summed E-state index contributed by atoms with van der Waals surface area (Å²) in [5.41, 5.74) is 0. The van der Waals surface area contributed by atoms with Gasteiger partial charge in [0.25, 0.3) is 0 Å². The van der Waals surface area contributed by atoms with Crippen LogP contribution < -0.4 is 0 Å². The Balaban J connectivity index is 0.000000149. The van der Waals surface area contributed by atoms with E-state index in [0.717, 1.165) is 23.7 Å². The average Bonchev–Trinajstić information content (AvgIpc) is 2.94. The molecule has 0 aliphatic heterocycles. The highest BCUT2D eigenvalue weighted by molar-refractivity contribution is 5.21. The fourth-order valence-corrected chi connectivity index (χ4v) is 3.04. The highest BCUT2D eigenvalue weighted by Crippen LogP contribution is 2.52. The van der Waals surface area contributed by atoms with Gasteiger partial charge in [0.15, 0.2) is 0 Å². The fourth-order valence-electron chi connectivity index (χ4n) is 3.04. The van der Waals surface area contributed by atoms with E-state index >= 15 is 0 Å². The average molecular weight is 202 g/mol. The van der Waals surface area contributed by atoms with E-state index in [4.69, 9.17) is 0 Å². The molecule has 0 heterocycles. The lowest BCUT2D eigenvalue weighted by Gasteiger charge is -2.18. The second-order valence-corrected chi connectivity index (χ2v) is 4.32. The summed E-state index contributed by atoms with van der Waals surface area (Å²) in [6, 6.07) is 0. The first-order valence-corrected chi connectivity index (χ1v) is 5.59. The van der Waals surface area contributed by atoms with Crippen LogP contribution in [0.3, 0.4) is 0 Å². The lowest BCUT2D eigenvalue weighted by atomic mass is 9.86. The molecule has 0 saturated heterocycles. The zero-order valence-corrected chi connectivity index (χ0v) is 9.01. The van der Waals surface area contributed by atoms with Crippen molar-refractivity contribution >= 4 is 0 Å². The Bertz CT molecular complexity index is 294. The van der Waals surface area contributed by atoms with E-state index in [1.165, 1.54) is 25.4 Å². The number of fused-ring (bicyclic) bond motifs is 5. The number of ether oxygens (including phenoxy) is 1. The van der Waals surface area contributed by atoms with Crippen molar-refractivity contribution in [1.82, 2.24) is 0 Å². The molecule has 0 aromatic carbocycles. The van der Waals surface area contributed by atoms with Gasteiger partial charge in [-0.3, -0.25) is 0 Å². The molecule has 2 bridgehead atoms. The fraction of sp³-hybridized carbons (Fsp3) is 0.429. The molecule has 3 rings (SSSR count). The van der Waals surface area contributed by atoms with Crippen molar-refractivity contribution in [3.8, 4) is 0 Å². The maximum absolute atomic E-state index is 4.36. The maximum Gasteiger partial charge on any atom is 0.0829 e. The Kier molecular flexibility index (Phi) is 3.10. The first-order valence-electron chi connectivity index (χ1n) is 5.59. The summed E-state index contributed by atoms with van der Waals surface area (Å²) in [5.74, 6) is 3.82. The molecule has 4 unspecified atom stereocenters. The van der Waals surface area contributed by atoms with Crippen LogP contribution in [0.5, 0.6) is 0 Å². The zero-order valence-electron chi connectivity index (χ0n) is 9.01. The minimum Gasteiger partial charge on any atom is -0.474 e. The topological polar surface area (TPSA) is 9.23 Å². The molecule has 1 fully saturated rings. The van der Waals surface area contributed by atoms with Crippen molar-refractivity contribution in [2.75, 3.05) is 0 Å². The summed E-state index contributed by atoms with van der Waals surface area (Å²) in [6.07, 6.45) is 15.1. The molecule has 0 radical (unpaired) electrons. The van der Waals surface area contributed by atoms with Gasteiger partial charge in [-0.25, -0.2) is 0 Å². The molecule has 1 heteroatoms. The van der Waals surface area contributed by atoms with Gasteiger partial charge in [-0.15, -0.1) is 0 Å². The second-order valence-electron chi connectivity index (χ2n) is 4.32. The SMILES string of the molecule is C1=CC2C3C=CC(C3)C2C1.C=COC=C. The standard InChI is InChI=1S/C10H12.C4H6O/c1-2-9-7-4-5-8(6-7)10(9)3-1;1-3-5-4-2/h1-2,4-5,7-10H,3,6H2;3-4H,1-2H2. The molecule has 0 N–H and O–H groups in total. The molecule has 0 amide bonds. The Morgan fingerprint density at radius 2 is 1.80 bits per heavy atom. The molecule has 0 aromatic heterocycles. The zero-order chi connectivity index (χ0) is 10.7. The van der Waals surface area contributed by atoms with E-state index in [1.54, 1.807) is 0 Å². The third-order valence-electron chi connectivity index (χ3n) is 3.65. The van der Waals surface area contributed by atoms with Crippen molar-refractivity contribution in [2.24, 2.45) is 23.7 Å². The summed E-state index contributed by atoms with van der Waals surface area (Å²) in [4.78, 5) is 0. The van der Waals surface area contributed by atoms with Crippen LogP contribution in [-0.4, -0.2) is 0 Å². The van der Waals surface area contributed by atoms with E-state index in [-0.39, 0.29) is 0 Å². The second kappa shape index (κ2) is 4.52. The quantitative estimate of drug-likeness (QED) is 0.490. The number of hydrogen-bond acceptors (Lipinski definition) is 1. The molecule has 0 spiro atoms. The summed E-state index contributed by atoms with van der Waals surface area (Å²) in [5, 5.41) is 0. The van der Waals surface area contributed by atoms with Gasteiger partial charge in [0.2, 0.25) is 0 Å². The number of hydrogen-bond donors (Lipinski definition) is 0. The molecule has 0 aromatic rings. The van der Waals surface area contributed by atoms with E-state index in [1.807, 2.05) is 0 Å². The third-order valence-corrected chi connectivity index (χ3v) is 3.65. The van der Waals surface area contributed by atoms with E-state index in [9.17, 15) is 0 Å². The summed E-state index contributed by atoms with van der Waals surface area (Å²) in [6.45, 7) is 6.51. The molecular formula is C14H18O. The number of allylic oxidation sites excluding steroid dienone is 4. The van der Waals surface area contributed by atoms with Gasteiger partial charge >= 0.3 is 0 Å². The van der Waals surface area contributed by atoms with E-state index in [2.05, 4.69) is 42.2 Å². The predicted octanol–water partition coefficient (Wildman–Crippen LogP) is 3.67. The van der Waals surface area contributed by atoms with Gasteiger partial charge < -0.3 is 4.74 Å². The molecular weight excluding hydrogens is 184 g/mol. The minimum atomic E-state index is 0.925. The molecule has 80 valence electrons.